The quantitative estimate of drug-likeness (QED) is 0.620. The highest BCUT2D eigenvalue weighted by molar-refractivity contribution is 6.31. The average Bonchev–Trinajstić information content (AvgIpc) is 2.72. The highest BCUT2D eigenvalue weighted by Gasteiger charge is 2.18. The van der Waals surface area contributed by atoms with E-state index < -0.39 is 5.91 Å². The van der Waals surface area contributed by atoms with Crippen LogP contribution in [-0.4, -0.2) is 37.0 Å². The van der Waals surface area contributed by atoms with Crippen LogP contribution < -0.4 is 10.2 Å². The molecular formula is C21H20ClFN4O. The number of hydrogen-bond donors (Lipinski definition) is 1. The lowest BCUT2D eigenvalue weighted by Crippen LogP contribution is -2.44. The fourth-order valence-electron chi connectivity index (χ4n) is 2.99. The van der Waals surface area contributed by atoms with Crippen molar-refractivity contribution >= 4 is 23.2 Å². The zero-order valence-corrected chi connectivity index (χ0v) is 16.0. The molecule has 2 aromatic rings. The number of benzene rings is 2. The number of amides is 1. The van der Waals surface area contributed by atoms with Crippen molar-refractivity contribution in [2.24, 2.45) is 0 Å². The van der Waals surface area contributed by atoms with E-state index in [9.17, 15) is 14.4 Å². The Morgan fingerprint density at radius 1 is 1.14 bits per heavy atom. The summed E-state index contributed by atoms with van der Waals surface area (Å²) in [7, 11) is 0. The van der Waals surface area contributed by atoms with E-state index in [1.54, 1.807) is 24.4 Å². The van der Waals surface area contributed by atoms with Crippen LogP contribution in [-0.2, 0) is 11.3 Å². The number of nitrogens with zero attached hydrogens (tertiary/aromatic N) is 3. The predicted molar refractivity (Wildman–Crippen MR) is 107 cm³/mol. The summed E-state index contributed by atoms with van der Waals surface area (Å²) in [5.74, 6) is -0.685. The summed E-state index contributed by atoms with van der Waals surface area (Å²) in [5, 5.41) is 12.7. The number of nitrogens with one attached hydrogen (secondary N) is 1. The molecule has 1 aliphatic rings. The topological polar surface area (TPSA) is 59.4 Å². The van der Waals surface area contributed by atoms with E-state index in [0.29, 0.717) is 18.1 Å². The third-order valence-corrected chi connectivity index (χ3v) is 4.95. The Bertz CT molecular complexity index is 899. The predicted octanol–water partition coefficient (Wildman–Crippen LogP) is 3.32. The van der Waals surface area contributed by atoms with Gasteiger partial charge < -0.3 is 15.1 Å². The van der Waals surface area contributed by atoms with E-state index in [0.717, 1.165) is 24.3 Å². The number of anilines is 1. The maximum atomic E-state index is 13.1. The Balaban J connectivity index is 1.56. The normalized spacial score (nSPS) is 14.5. The van der Waals surface area contributed by atoms with Crippen LogP contribution in [0, 0.1) is 17.1 Å². The lowest BCUT2D eigenvalue weighted by Gasteiger charge is -2.35. The van der Waals surface area contributed by atoms with Crippen LogP contribution in [0.25, 0.3) is 0 Å². The van der Waals surface area contributed by atoms with E-state index >= 15 is 0 Å². The minimum absolute atomic E-state index is 0.0577. The van der Waals surface area contributed by atoms with Crippen LogP contribution in [0.15, 0.2) is 60.3 Å². The van der Waals surface area contributed by atoms with Crippen LogP contribution in [0.2, 0.25) is 5.02 Å². The molecule has 28 heavy (non-hydrogen) atoms. The molecule has 0 radical (unpaired) electrons. The van der Waals surface area contributed by atoms with Gasteiger partial charge in [0.1, 0.15) is 17.5 Å². The van der Waals surface area contributed by atoms with Gasteiger partial charge in [-0.2, -0.15) is 5.26 Å². The van der Waals surface area contributed by atoms with Gasteiger partial charge in [0.05, 0.1) is 0 Å². The van der Waals surface area contributed by atoms with Crippen molar-refractivity contribution in [2.45, 2.75) is 6.54 Å². The summed E-state index contributed by atoms with van der Waals surface area (Å²) in [4.78, 5) is 16.4. The van der Waals surface area contributed by atoms with Crippen molar-refractivity contribution in [3.05, 3.63) is 76.7 Å². The Hall–Kier alpha value is -3.04. The Morgan fingerprint density at radius 3 is 2.46 bits per heavy atom. The van der Waals surface area contributed by atoms with Crippen LogP contribution in [0.5, 0.6) is 0 Å². The first-order valence-corrected chi connectivity index (χ1v) is 9.32. The van der Waals surface area contributed by atoms with Gasteiger partial charge in [-0.1, -0.05) is 29.8 Å². The van der Waals surface area contributed by atoms with Gasteiger partial charge in [0.2, 0.25) is 0 Å². The van der Waals surface area contributed by atoms with Gasteiger partial charge in [-0.25, -0.2) is 4.39 Å². The molecule has 0 aliphatic carbocycles. The molecule has 0 unspecified atom stereocenters. The summed E-state index contributed by atoms with van der Waals surface area (Å²) < 4.78 is 13.1. The van der Waals surface area contributed by atoms with Gasteiger partial charge in [-0.3, -0.25) is 4.79 Å². The monoisotopic (exact) mass is 398 g/mol. The number of carbonyl (C=O) groups is 1. The van der Waals surface area contributed by atoms with E-state index in [1.165, 1.54) is 12.1 Å². The zero-order valence-electron chi connectivity index (χ0n) is 15.2. The van der Waals surface area contributed by atoms with Crippen molar-refractivity contribution in [1.29, 1.82) is 5.26 Å². The summed E-state index contributed by atoms with van der Waals surface area (Å²) in [5.41, 5.74) is 1.81. The summed E-state index contributed by atoms with van der Waals surface area (Å²) in [6, 6.07) is 15.6. The second-order valence-corrected chi connectivity index (χ2v) is 6.84. The number of piperazine rings is 1. The molecule has 2 aromatic carbocycles. The molecule has 1 aliphatic heterocycles. The largest absolute Gasteiger partial charge is 0.373 e. The summed E-state index contributed by atoms with van der Waals surface area (Å²) in [6.45, 7) is 3.04. The average molecular weight is 399 g/mol. The molecule has 5 nitrogen and oxygen atoms in total. The molecule has 1 fully saturated rings. The van der Waals surface area contributed by atoms with Crippen LogP contribution >= 0.6 is 11.6 Å². The van der Waals surface area contributed by atoms with E-state index in [2.05, 4.69) is 10.2 Å². The number of rotatable bonds is 5. The molecule has 1 heterocycles. The van der Waals surface area contributed by atoms with E-state index in [1.807, 2.05) is 29.2 Å². The maximum absolute atomic E-state index is 13.1. The highest BCUT2D eigenvalue weighted by Crippen LogP contribution is 2.18. The van der Waals surface area contributed by atoms with E-state index in [-0.39, 0.29) is 17.9 Å². The van der Waals surface area contributed by atoms with Crippen molar-refractivity contribution < 1.29 is 9.18 Å². The van der Waals surface area contributed by atoms with Crippen molar-refractivity contribution in [3.63, 3.8) is 0 Å². The molecule has 0 spiro atoms. The summed E-state index contributed by atoms with van der Waals surface area (Å²) >= 11 is 6.09. The third-order valence-electron chi connectivity index (χ3n) is 4.58. The Morgan fingerprint density at radius 2 is 1.82 bits per heavy atom. The molecule has 0 aromatic heterocycles. The third kappa shape index (κ3) is 5.02. The number of nitriles is 1. The van der Waals surface area contributed by atoms with Crippen LogP contribution in [0.4, 0.5) is 10.1 Å². The minimum atomic E-state index is -0.427. The van der Waals surface area contributed by atoms with Gasteiger partial charge in [0.25, 0.3) is 5.91 Å². The zero-order chi connectivity index (χ0) is 19.9. The number of hydrogen-bond acceptors (Lipinski definition) is 4. The molecule has 0 atom stereocenters. The smallest absolute Gasteiger partial charge is 0.263 e. The molecule has 0 bridgehead atoms. The first-order valence-electron chi connectivity index (χ1n) is 8.95. The lowest BCUT2D eigenvalue weighted by molar-refractivity contribution is -0.117. The summed E-state index contributed by atoms with van der Waals surface area (Å²) in [6.07, 6.45) is 1.60. The lowest BCUT2D eigenvalue weighted by atomic mass is 10.2. The van der Waals surface area contributed by atoms with Gasteiger partial charge >= 0.3 is 0 Å². The molecule has 1 saturated heterocycles. The minimum Gasteiger partial charge on any atom is -0.373 e. The molecule has 3 rings (SSSR count). The fourth-order valence-corrected chi connectivity index (χ4v) is 3.20. The van der Waals surface area contributed by atoms with Gasteiger partial charge in [-0.15, -0.1) is 0 Å². The van der Waals surface area contributed by atoms with Crippen molar-refractivity contribution in [2.75, 3.05) is 31.1 Å². The molecular weight excluding hydrogens is 379 g/mol. The van der Waals surface area contributed by atoms with Crippen LogP contribution in [0.1, 0.15) is 5.56 Å². The van der Waals surface area contributed by atoms with Gasteiger partial charge in [-0.05, 0) is 35.9 Å². The maximum Gasteiger partial charge on any atom is 0.263 e. The molecule has 1 N–H and O–H groups in total. The number of halogens is 2. The molecule has 1 amide bonds. The Kier molecular flexibility index (Phi) is 6.51. The Labute approximate surface area is 168 Å². The van der Waals surface area contributed by atoms with E-state index in [4.69, 9.17) is 11.6 Å². The van der Waals surface area contributed by atoms with Gasteiger partial charge in [0.15, 0.2) is 0 Å². The van der Waals surface area contributed by atoms with Crippen LogP contribution in [0.3, 0.4) is 0 Å². The standard InChI is InChI=1S/C21H20ClFN4O/c22-20-4-2-1-3-16(20)14-25-21(28)17(13-24)15-26-9-11-27(12-10-26)19-7-5-18(23)6-8-19/h1-8,15H,9-12,14H2,(H,25,28)/b17-15-. The fraction of sp³-hybridized carbons (Fsp3) is 0.238. The molecule has 7 heteroatoms. The second-order valence-electron chi connectivity index (χ2n) is 6.43. The number of carbonyl (C=O) groups excluding carboxylic acids is 1. The van der Waals surface area contributed by atoms with Crippen molar-refractivity contribution in [1.82, 2.24) is 10.2 Å². The second kappa shape index (κ2) is 9.25. The molecule has 0 saturated carbocycles. The first-order chi connectivity index (χ1) is 13.6. The molecule has 144 valence electrons. The van der Waals surface area contributed by atoms with Crippen molar-refractivity contribution in [3.8, 4) is 6.07 Å². The highest BCUT2D eigenvalue weighted by atomic mass is 35.5. The first kappa shape index (κ1) is 19.7. The SMILES string of the molecule is N#C/C(=C/N1CCN(c2ccc(F)cc2)CC1)C(=O)NCc1ccccc1Cl. The van der Waals surface area contributed by atoms with Gasteiger partial charge in [0, 0.05) is 49.6 Å².